The lowest BCUT2D eigenvalue weighted by atomic mass is 10.1. The maximum absolute atomic E-state index is 13.5. The Kier molecular flexibility index (Phi) is 6.22. The van der Waals surface area contributed by atoms with Crippen molar-refractivity contribution in [1.82, 2.24) is 9.55 Å². The zero-order valence-corrected chi connectivity index (χ0v) is 19.6. The molecule has 0 bridgehead atoms. The van der Waals surface area contributed by atoms with Crippen LogP contribution in [-0.4, -0.2) is 28.7 Å². The summed E-state index contributed by atoms with van der Waals surface area (Å²) in [6.45, 7) is 5.36. The Labute approximate surface area is 193 Å². The van der Waals surface area contributed by atoms with E-state index in [9.17, 15) is 9.59 Å². The lowest BCUT2D eigenvalue weighted by Crippen LogP contribution is -2.32. The van der Waals surface area contributed by atoms with Crippen molar-refractivity contribution in [3.05, 3.63) is 75.2 Å². The Bertz CT molecular complexity index is 1260. The first-order valence-electron chi connectivity index (χ1n) is 11.1. The molecule has 0 amide bonds. The fraction of sp³-hybridized carbons (Fsp3) is 0.346. The molecule has 2 atom stereocenters. The van der Waals surface area contributed by atoms with Crippen LogP contribution in [-0.2, 0) is 29.4 Å². The molecule has 1 N–H and O–H groups in total. The molecule has 0 fully saturated rings. The minimum absolute atomic E-state index is 0.168. The van der Waals surface area contributed by atoms with E-state index in [4.69, 9.17) is 14.5 Å². The number of hydrogen-bond donors (Lipinski definition) is 1. The minimum atomic E-state index is -0.391. The fourth-order valence-corrected chi connectivity index (χ4v) is 4.51. The third kappa shape index (κ3) is 4.23. The molecule has 1 aliphatic rings. The van der Waals surface area contributed by atoms with Gasteiger partial charge in [-0.1, -0.05) is 31.2 Å². The number of nitrogens with zero attached hydrogens (tertiary/aromatic N) is 2. The summed E-state index contributed by atoms with van der Waals surface area (Å²) >= 11 is 0. The molecule has 3 aromatic rings. The number of carbonyl (C=O) groups excluding carboxylic acids is 1. The number of anilines is 1. The van der Waals surface area contributed by atoms with E-state index < -0.39 is 6.10 Å². The molecule has 0 radical (unpaired) electrons. The summed E-state index contributed by atoms with van der Waals surface area (Å²) in [7, 11) is 3.35. The summed E-state index contributed by atoms with van der Waals surface area (Å²) in [4.78, 5) is 30.1. The molecule has 0 aliphatic heterocycles. The number of hydrogen-bond acceptors (Lipinski definition) is 6. The SMILES string of the molecule is CCc1nc(-c2ccc(OC)cc2C)n(C)c(=O)c1N[C@@H]1c2ccccc2C[C@@H]1OC(C)=O. The van der Waals surface area contributed by atoms with Crippen LogP contribution < -0.4 is 15.6 Å². The van der Waals surface area contributed by atoms with E-state index in [0.717, 1.165) is 28.0 Å². The summed E-state index contributed by atoms with van der Waals surface area (Å²) in [6.07, 6.45) is 0.789. The predicted molar refractivity (Wildman–Crippen MR) is 128 cm³/mol. The van der Waals surface area contributed by atoms with Crippen molar-refractivity contribution in [2.75, 3.05) is 12.4 Å². The van der Waals surface area contributed by atoms with Gasteiger partial charge >= 0.3 is 5.97 Å². The van der Waals surface area contributed by atoms with Crippen LogP contribution in [0.3, 0.4) is 0 Å². The van der Waals surface area contributed by atoms with E-state index in [2.05, 4.69) is 5.32 Å². The number of benzene rings is 2. The lowest BCUT2D eigenvalue weighted by Gasteiger charge is -2.24. The van der Waals surface area contributed by atoms with Gasteiger partial charge in [0, 0.05) is 26.0 Å². The molecule has 0 unspecified atom stereocenters. The maximum Gasteiger partial charge on any atom is 0.302 e. The maximum atomic E-state index is 13.5. The van der Waals surface area contributed by atoms with E-state index in [1.54, 1.807) is 18.7 Å². The number of aromatic nitrogens is 2. The lowest BCUT2D eigenvalue weighted by molar-refractivity contribution is -0.146. The third-order valence-corrected chi connectivity index (χ3v) is 6.18. The highest BCUT2D eigenvalue weighted by atomic mass is 16.5. The first-order valence-corrected chi connectivity index (χ1v) is 11.1. The monoisotopic (exact) mass is 447 g/mol. The minimum Gasteiger partial charge on any atom is -0.497 e. The van der Waals surface area contributed by atoms with Gasteiger partial charge in [-0.05, 0) is 48.2 Å². The van der Waals surface area contributed by atoms with Crippen molar-refractivity contribution < 1.29 is 14.3 Å². The van der Waals surface area contributed by atoms with E-state index in [1.807, 2.05) is 56.3 Å². The van der Waals surface area contributed by atoms with Crippen molar-refractivity contribution in [3.8, 4) is 17.1 Å². The molecule has 0 saturated heterocycles. The van der Waals surface area contributed by atoms with E-state index in [0.29, 0.717) is 30.0 Å². The van der Waals surface area contributed by atoms with Crippen LogP contribution >= 0.6 is 0 Å². The fourth-order valence-electron chi connectivity index (χ4n) is 4.51. The Morgan fingerprint density at radius 2 is 2.00 bits per heavy atom. The van der Waals surface area contributed by atoms with Crippen LogP contribution in [0.4, 0.5) is 5.69 Å². The van der Waals surface area contributed by atoms with Crippen LogP contribution in [0.25, 0.3) is 11.4 Å². The summed E-state index contributed by atoms with van der Waals surface area (Å²) < 4.78 is 12.5. The Morgan fingerprint density at radius 1 is 1.24 bits per heavy atom. The highest BCUT2D eigenvalue weighted by Gasteiger charge is 2.35. The summed E-state index contributed by atoms with van der Waals surface area (Å²) in [5, 5.41) is 3.40. The van der Waals surface area contributed by atoms with Crippen molar-refractivity contribution in [2.45, 2.75) is 45.8 Å². The van der Waals surface area contributed by atoms with Crippen LogP contribution in [0.1, 0.15) is 42.3 Å². The van der Waals surface area contributed by atoms with Crippen molar-refractivity contribution in [3.63, 3.8) is 0 Å². The van der Waals surface area contributed by atoms with Crippen LogP contribution in [0.5, 0.6) is 5.75 Å². The average molecular weight is 448 g/mol. The van der Waals surface area contributed by atoms with Gasteiger partial charge in [0.1, 0.15) is 23.4 Å². The number of carbonyl (C=O) groups is 1. The number of rotatable bonds is 6. The molecule has 7 heteroatoms. The van der Waals surface area contributed by atoms with Gasteiger partial charge in [0.15, 0.2) is 0 Å². The van der Waals surface area contributed by atoms with Gasteiger partial charge < -0.3 is 14.8 Å². The zero-order chi connectivity index (χ0) is 23.7. The highest BCUT2D eigenvalue weighted by molar-refractivity contribution is 5.67. The topological polar surface area (TPSA) is 82.5 Å². The first kappa shape index (κ1) is 22.6. The molecule has 7 nitrogen and oxygen atoms in total. The van der Waals surface area contributed by atoms with Gasteiger partial charge in [0.25, 0.3) is 5.56 Å². The molecule has 2 aromatic carbocycles. The third-order valence-electron chi connectivity index (χ3n) is 6.18. The molecule has 1 aromatic heterocycles. The number of nitrogens with one attached hydrogen (secondary N) is 1. The summed E-state index contributed by atoms with van der Waals surface area (Å²) in [5.74, 6) is 1.02. The average Bonchev–Trinajstić information content (AvgIpc) is 3.13. The molecule has 1 heterocycles. The molecule has 172 valence electrons. The molecular formula is C26H29N3O4. The van der Waals surface area contributed by atoms with E-state index in [1.165, 1.54) is 6.92 Å². The quantitative estimate of drug-likeness (QED) is 0.576. The Balaban J connectivity index is 1.78. The predicted octanol–water partition coefficient (Wildman–Crippen LogP) is 3.97. The highest BCUT2D eigenvalue weighted by Crippen LogP contribution is 2.36. The normalized spacial score (nSPS) is 16.9. The van der Waals surface area contributed by atoms with Crippen molar-refractivity contribution in [1.29, 1.82) is 0 Å². The number of ether oxygens (including phenoxy) is 2. The second-order valence-corrected chi connectivity index (χ2v) is 8.33. The number of esters is 1. The standard InChI is InChI=1S/C26H29N3O4/c1-6-21-24(28-23-20-10-8-7-9-17(20)14-22(23)33-16(3)30)26(31)29(4)25(27-21)19-12-11-18(32-5)13-15(19)2/h7-13,22-23,28H,6,14H2,1-5H3/t22-,23+/m0/s1. The van der Waals surface area contributed by atoms with E-state index in [-0.39, 0.29) is 17.6 Å². The smallest absolute Gasteiger partial charge is 0.302 e. The number of methoxy groups -OCH3 is 1. The molecule has 33 heavy (non-hydrogen) atoms. The largest absolute Gasteiger partial charge is 0.497 e. The summed E-state index contributed by atoms with van der Waals surface area (Å²) in [5.41, 5.74) is 4.93. The molecule has 0 spiro atoms. The van der Waals surface area contributed by atoms with Crippen LogP contribution in [0, 0.1) is 6.92 Å². The molecule has 4 rings (SSSR count). The zero-order valence-electron chi connectivity index (χ0n) is 19.6. The second kappa shape index (κ2) is 9.10. The van der Waals surface area contributed by atoms with Gasteiger partial charge in [0.05, 0.1) is 18.8 Å². The molecule has 1 aliphatic carbocycles. The van der Waals surface area contributed by atoms with Crippen LogP contribution in [0.15, 0.2) is 47.3 Å². The molecule has 0 saturated carbocycles. The van der Waals surface area contributed by atoms with Crippen molar-refractivity contribution in [2.24, 2.45) is 7.05 Å². The number of aryl methyl sites for hydroxylation is 2. The van der Waals surface area contributed by atoms with Crippen LogP contribution in [0.2, 0.25) is 0 Å². The van der Waals surface area contributed by atoms with Gasteiger partial charge in [-0.25, -0.2) is 4.98 Å². The van der Waals surface area contributed by atoms with Gasteiger partial charge in [0.2, 0.25) is 0 Å². The van der Waals surface area contributed by atoms with Gasteiger partial charge in [-0.3, -0.25) is 14.2 Å². The van der Waals surface area contributed by atoms with E-state index >= 15 is 0 Å². The second-order valence-electron chi connectivity index (χ2n) is 8.33. The van der Waals surface area contributed by atoms with Gasteiger partial charge in [-0.2, -0.15) is 0 Å². The summed E-state index contributed by atoms with van der Waals surface area (Å²) in [6, 6.07) is 13.4. The number of fused-ring (bicyclic) bond motifs is 1. The Morgan fingerprint density at radius 3 is 2.67 bits per heavy atom. The molecular weight excluding hydrogens is 418 g/mol. The van der Waals surface area contributed by atoms with Crippen molar-refractivity contribution >= 4 is 11.7 Å². The first-order chi connectivity index (χ1) is 15.8. The van der Waals surface area contributed by atoms with Gasteiger partial charge in [-0.15, -0.1) is 0 Å². The Hall–Kier alpha value is -3.61.